The van der Waals surface area contributed by atoms with Crippen LogP contribution in [0.1, 0.15) is 47.3 Å². The van der Waals surface area contributed by atoms with Crippen molar-refractivity contribution < 1.29 is 9.90 Å². The Morgan fingerprint density at radius 1 is 1.37 bits per heavy atom. The van der Waals surface area contributed by atoms with E-state index in [1.165, 1.54) is 0 Å². The molecular formula is C14H20N2O3. The van der Waals surface area contributed by atoms with Crippen molar-refractivity contribution in [1.29, 1.82) is 0 Å². The van der Waals surface area contributed by atoms with Gasteiger partial charge in [0.15, 0.2) is 0 Å². The summed E-state index contributed by atoms with van der Waals surface area (Å²) >= 11 is 0. The molecule has 0 bridgehead atoms. The largest absolute Gasteiger partial charge is 0.391 e. The minimum absolute atomic E-state index is 0.142. The number of pyridine rings is 1. The standard InChI is InChI=1S/C14H20N2O3/c1-8-7-9(2)15-13(18)12(8)14(19)16-10-5-3-4-6-11(10)17/h7,10-11,17H,3-6H2,1-2H3,(H,15,18)(H,16,19). The lowest BCUT2D eigenvalue weighted by molar-refractivity contribution is 0.0715. The molecule has 5 nitrogen and oxygen atoms in total. The summed E-state index contributed by atoms with van der Waals surface area (Å²) in [7, 11) is 0. The third-order valence-electron chi connectivity index (χ3n) is 3.64. The summed E-state index contributed by atoms with van der Waals surface area (Å²) in [6, 6.07) is 1.52. The van der Waals surface area contributed by atoms with E-state index in [1.807, 2.05) is 0 Å². The Balaban J connectivity index is 2.18. The fourth-order valence-electron chi connectivity index (χ4n) is 2.66. The normalized spacial score (nSPS) is 23.1. The molecule has 1 fully saturated rings. The maximum atomic E-state index is 12.2. The highest BCUT2D eigenvalue weighted by atomic mass is 16.3. The summed E-state index contributed by atoms with van der Waals surface area (Å²) in [5.41, 5.74) is 1.16. The van der Waals surface area contributed by atoms with Gasteiger partial charge in [0, 0.05) is 5.69 Å². The van der Waals surface area contributed by atoms with Gasteiger partial charge in [-0.25, -0.2) is 0 Å². The zero-order valence-corrected chi connectivity index (χ0v) is 11.3. The topological polar surface area (TPSA) is 82.2 Å². The average molecular weight is 264 g/mol. The number of rotatable bonds is 2. The van der Waals surface area contributed by atoms with Crippen LogP contribution in [0.25, 0.3) is 0 Å². The van der Waals surface area contributed by atoms with Crippen molar-refractivity contribution in [2.75, 3.05) is 0 Å². The van der Waals surface area contributed by atoms with Crippen molar-refractivity contribution in [3.63, 3.8) is 0 Å². The molecule has 1 amide bonds. The van der Waals surface area contributed by atoms with Crippen molar-refractivity contribution in [2.24, 2.45) is 0 Å². The Labute approximate surface area is 112 Å². The molecule has 2 unspecified atom stereocenters. The van der Waals surface area contributed by atoms with Gasteiger partial charge in [0.2, 0.25) is 0 Å². The summed E-state index contributed by atoms with van der Waals surface area (Å²) in [6.45, 7) is 3.52. The van der Waals surface area contributed by atoms with Crippen LogP contribution < -0.4 is 10.9 Å². The molecule has 1 aliphatic rings. The van der Waals surface area contributed by atoms with Crippen LogP contribution in [0, 0.1) is 13.8 Å². The number of nitrogens with one attached hydrogen (secondary N) is 2. The third-order valence-corrected chi connectivity index (χ3v) is 3.64. The predicted octanol–water partition coefficient (Wildman–Crippen LogP) is 1.03. The number of hydrogen-bond acceptors (Lipinski definition) is 3. The van der Waals surface area contributed by atoms with Gasteiger partial charge < -0.3 is 15.4 Å². The maximum Gasteiger partial charge on any atom is 0.261 e. The lowest BCUT2D eigenvalue weighted by atomic mass is 9.92. The second kappa shape index (κ2) is 5.57. The maximum absolute atomic E-state index is 12.2. The summed E-state index contributed by atoms with van der Waals surface area (Å²) in [5.74, 6) is -0.398. The first-order chi connectivity index (χ1) is 8.99. The third kappa shape index (κ3) is 3.04. The molecule has 19 heavy (non-hydrogen) atoms. The van der Waals surface area contributed by atoms with Crippen LogP contribution in [-0.4, -0.2) is 28.1 Å². The molecule has 0 aromatic carbocycles. The van der Waals surface area contributed by atoms with Crippen LogP contribution in [0.5, 0.6) is 0 Å². The summed E-state index contributed by atoms with van der Waals surface area (Å²) in [5, 5.41) is 12.6. The van der Waals surface area contributed by atoms with E-state index in [0.717, 1.165) is 25.0 Å². The first-order valence-electron chi connectivity index (χ1n) is 6.68. The van der Waals surface area contributed by atoms with E-state index < -0.39 is 12.0 Å². The van der Waals surface area contributed by atoms with Crippen LogP contribution in [-0.2, 0) is 0 Å². The van der Waals surface area contributed by atoms with Gasteiger partial charge in [-0.2, -0.15) is 0 Å². The number of H-pyrrole nitrogens is 1. The van der Waals surface area contributed by atoms with E-state index in [4.69, 9.17) is 0 Å². The van der Waals surface area contributed by atoms with E-state index in [2.05, 4.69) is 10.3 Å². The molecule has 1 aromatic heterocycles. The molecule has 0 radical (unpaired) electrons. The van der Waals surface area contributed by atoms with Crippen LogP contribution in [0.2, 0.25) is 0 Å². The molecule has 1 heterocycles. The Morgan fingerprint density at radius 2 is 2.05 bits per heavy atom. The SMILES string of the molecule is Cc1cc(C)c(C(=O)NC2CCCCC2O)c(=O)[nH]1. The number of hydrogen-bond donors (Lipinski definition) is 3. The van der Waals surface area contributed by atoms with Gasteiger partial charge in [-0.3, -0.25) is 9.59 Å². The van der Waals surface area contributed by atoms with Crippen LogP contribution in [0.15, 0.2) is 10.9 Å². The van der Waals surface area contributed by atoms with Crippen molar-refractivity contribution in [2.45, 2.75) is 51.7 Å². The second-order valence-corrected chi connectivity index (χ2v) is 5.27. The molecule has 0 spiro atoms. The van der Waals surface area contributed by atoms with Crippen molar-refractivity contribution in [1.82, 2.24) is 10.3 Å². The van der Waals surface area contributed by atoms with Crippen LogP contribution in [0.3, 0.4) is 0 Å². The van der Waals surface area contributed by atoms with Crippen molar-refractivity contribution in [3.8, 4) is 0 Å². The first-order valence-corrected chi connectivity index (χ1v) is 6.68. The van der Waals surface area contributed by atoms with Crippen LogP contribution in [0.4, 0.5) is 0 Å². The first kappa shape index (κ1) is 13.8. The van der Waals surface area contributed by atoms with Gasteiger partial charge in [0.05, 0.1) is 12.1 Å². The summed E-state index contributed by atoms with van der Waals surface area (Å²) in [4.78, 5) is 26.6. The smallest absolute Gasteiger partial charge is 0.261 e. The van der Waals surface area contributed by atoms with Gasteiger partial charge in [0.25, 0.3) is 11.5 Å². The van der Waals surface area contributed by atoms with Gasteiger partial charge in [-0.05, 0) is 38.3 Å². The van der Waals surface area contributed by atoms with E-state index in [1.54, 1.807) is 19.9 Å². The molecule has 3 N–H and O–H groups in total. The molecular weight excluding hydrogens is 244 g/mol. The van der Waals surface area contributed by atoms with E-state index in [0.29, 0.717) is 12.0 Å². The second-order valence-electron chi connectivity index (χ2n) is 5.27. The van der Waals surface area contributed by atoms with Crippen molar-refractivity contribution in [3.05, 3.63) is 33.2 Å². The lowest BCUT2D eigenvalue weighted by Crippen LogP contribution is -2.46. The number of aromatic amines is 1. The molecule has 1 saturated carbocycles. The Bertz CT molecular complexity index is 536. The van der Waals surface area contributed by atoms with E-state index in [-0.39, 0.29) is 17.2 Å². The predicted molar refractivity (Wildman–Crippen MR) is 72.3 cm³/mol. The highest BCUT2D eigenvalue weighted by Gasteiger charge is 2.26. The number of carbonyl (C=O) groups is 1. The zero-order chi connectivity index (χ0) is 14.0. The van der Waals surface area contributed by atoms with Crippen molar-refractivity contribution >= 4 is 5.91 Å². The Morgan fingerprint density at radius 3 is 2.68 bits per heavy atom. The van der Waals surface area contributed by atoms with Gasteiger partial charge in [-0.1, -0.05) is 12.8 Å². The molecule has 0 aliphatic heterocycles. The fraction of sp³-hybridized carbons (Fsp3) is 0.571. The molecule has 1 aromatic rings. The number of amides is 1. The van der Waals surface area contributed by atoms with E-state index >= 15 is 0 Å². The number of aromatic nitrogens is 1. The number of aliphatic hydroxyl groups is 1. The van der Waals surface area contributed by atoms with Gasteiger partial charge >= 0.3 is 0 Å². The quantitative estimate of drug-likeness (QED) is 0.746. The minimum Gasteiger partial charge on any atom is -0.391 e. The lowest BCUT2D eigenvalue weighted by Gasteiger charge is -2.28. The average Bonchev–Trinajstić information content (AvgIpc) is 2.30. The Hall–Kier alpha value is -1.62. The highest BCUT2D eigenvalue weighted by molar-refractivity contribution is 5.95. The fourth-order valence-corrected chi connectivity index (χ4v) is 2.66. The molecule has 2 rings (SSSR count). The molecule has 104 valence electrons. The molecule has 0 saturated heterocycles. The monoisotopic (exact) mass is 264 g/mol. The number of aliphatic hydroxyl groups excluding tert-OH is 1. The van der Waals surface area contributed by atoms with Gasteiger partial charge in [0.1, 0.15) is 5.56 Å². The number of carbonyl (C=O) groups excluding carboxylic acids is 1. The Kier molecular flexibility index (Phi) is 4.04. The number of aryl methyl sites for hydroxylation is 2. The molecule has 2 atom stereocenters. The van der Waals surface area contributed by atoms with E-state index in [9.17, 15) is 14.7 Å². The zero-order valence-electron chi connectivity index (χ0n) is 11.3. The summed E-state index contributed by atoms with van der Waals surface area (Å²) in [6.07, 6.45) is 2.93. The van der Waals surface area contributed by atoms with Crippen LogP contribution >= 0.6 is 0 Å². The molecule has 5 heteroatoms. The minimum atomic E-state index is -0.512. The van der Waals surface area contributed by atoms with Gasteiger partial charge in [-0.15, -0.1) is 0 Å². The molecule has 1 aliphatic carbocycles. The summed E-state index contributed by atoms with van der Waals surface area (Å²) < 4.78 is 0. The highest BCUT2D eigenvalue weighted by Crippen LogP contribution is 2.18.